The number of aromatic nitrogens is 5. The van der Waals surface area contributed by atoms with Crippen molar-refractivity contribution in [3.05, 3.63) is 89.6 Å². The molecule has 8 nitrogen and oxygen atoms in total. The Morgan fingerprint density at radius 3 is 2.67 bits per heavy atom. The summed E-state index contributed by atoms with van der Waals surface area (Å²) in [6.07, 6.45) is 1.70. The lowest BCUT2D eigenvalue weighted by atomic mass is 10.1. The van der Waals surface area contributed by atoms with E-state index in [9.17, 15) is 4.79 Å². The van der Waals surface area contributed by atoms with E-state index in [-0.39, 0.29) is 6.03 Å². The van der Waals surface area contributed by atoms with Crippen molar-refractivity contribution in [3.8, 4) is 22.8 Å². The molecule has 0 saturated heterocycles. The highest BCUT2D eigenvalue weighted by molar-refractivity contribution is 6.33. The van der Waals surface area contributed by atoms with Crippen LogP contribution in [-0.2, 0) is 0 Å². The number of anilines is 2. The number of fused-ring (bicyclic) bond motifs is 1. The molecule has 0 radical (unpaired) electrons. The molecule has 5 aromatic rings. The maximum atomic E-state index is 12.5. The quantitative estimate of drug-likeness (QED) is 0.375. The fraction of sp³-hybridized carbons (Fsp3) is 0.0417. The number of hydrogen-bond donors (Lipinski definition) is 2. The van der Waals surface area contributed by atoms with E-state index in [2.05, 4.69) is 25.8 Å². The van der Waals surface area contributed by atoms with Crippen molar-refractivity contribution < 1.29 is 4.79 Å². The van der Waals surface area contributed by atoms with Crippen LogP contribution in [0.1, 0.15) is 5.56 Å². The smallest absolute Gasteiger partial charge is 0.308 e. The van der Waals surface area contributed by atoms with Gasteiger partial charge in [0.2, 0.25) is 5.82 Å². The van der Waals surface area contributed by atoms with Crippen LogP contribution in [0.5, 0.6) is 0 Å². The van der Waals surface area contributed by atoms with Gasteiger partial charge in [0.25, 0.3) is 0 Å². The standard InChI is InChI=1S/C24H18ClN7O/c1-15-8-9-18(25)21(13-15)28-24(33)27-17-6-4-5-16(14-17)19-10-11-22-29-30-23(32(22)31-19)20-7-2-3-12-26-20/h2-14H,1H3,(H2,27,28,33). The van der Waals surface area contributed by atoms with E-state index in [4.69, 9.17) is 16.7 Å². The average Bonchev–Trinajstić information content (AvgIpc) is 3.25. The number of urea groups is 1. The fourth-order valence-electron chi connectivity index (χ4n) is 3.37. The second-order valence-corrected chi connectivity index (χ2v) is 7.78. The predicted octanol–water partition coefficient (Wildman–Crippen LogP) is 5.46. The van der Waals surface area contributed by atoms with E-state index < -0.39 is 0 Å². The van der Waals surface area contributed by atoms with Crippen LogP contribution in [-0.4, -0.2) is 30.8 Å². The van der Waals surface area contributed by atoms with Crippen LogP contribution >= 0.6 is 11.6 Å². The van der Waals surface area contributed by atoms with Gasteiger partial charge in [0.05, 0.1) is 16.4 Å². The van der Waals surface area contributed by atoms with Gasteiger partial charge in [-0.1, -0.05) is 35.9 Å². The van der Waals surface area contributed by atoms with Crippen molar-refractivity contribution in [2.45, 2.75) is 6.92 Å². The Hall–Kier alpha value is -4.30. The zero-order chi connectivity index (χ0) is 22.8. The summed E-state index contributed by atoms with van der Waals surface area (Å²) in [6.45, 7) is 1.93. The van der Waals surface area contributed by atoms with Gasteiger partial charge in [-0.15, -0.1) is 10.2 Å². The van der Waals surface area contributed by atoms with E-state index in [0.29, 0.717) is 39.3 Å². The molecule has 0 aliphatic rings. The molecule has 5 rings (SSSR count). The third-order valence-electron chi connectivity index (χ3n) is 4.94. The number of carbonyl (C=O) groups excluding carboxylic acids is 1. The first-order valence-corrected chi connectivity index (χ1v) is 10.5. The molecule has 0 spiro atoms. The molecule has 0 aliphatic carbocycles. The van der Waals surface area contributed by atoms with Gasteiger partial charge in [-0.2, -0.15) is 9.61 Å². The van der Waals surface area contributed by atoms with Crippen LogP contribution in [0.4, 0.5) is 16.2 Å². The second-order valence-electron chi connectivity index (χ2n) is 7.37. The van der Waals surface area contributed by atoms with E-state index in [1.165, 1.54) is 0 Å². The van der Waals surface area contributed by atoms with Gasteiger partial charge >= 0.3 is 6.03 Å². The summed E-state index contributed by atoms with van der Waals surface area (Å²) in [6, 6.07) is 21.8. The number of amides is 2. The van der Waals surface area contributed by atoms with Crippen molar-refractivity contribution in [3.63, 3.8) is 0 Å². The molecule has 0 aliphatic heterocycles. The lowest BCUT2D eigenvalue weighted by molar-refractivity contribution is 0.262. The number of aryl methyl sites for hydroxylation is 1. The van der Waals surface area contributed by atoms with Crippen LogP contribution in [0.2, 0.25) is 5.02 Å². The van der Waals surface area contributed by atoms with Gasteiger partial charge in [0.15, 0.2) is 5.65 Å². The number of rotatable bonds is 4. The number of nitrogens with one attached hydrogen (secondary N) is 2. The van der Waals surface area contributed by atoms with Gasteiger partial charge in [0, 0.05) is 17.4 Å². The first-order chi connectivity index (χ1) is 16.1. The van der Waals surface area contributed by atoms with Crippen molar-refractivity contribution in [1.29, 1.82) is 0 Å². The molecule has 0 saturated carbocycles. The summed E-state index contributed by atoms with van der Waals surface area (Å²) in [4.78, 5) is 16.9. The molecular formula is C24H18ClN7O. The van der Waals surface area contributed by atoms with E-state index in [1.54, 1.807) is 22.8 Å². The van der Waals surface area contributed by atoms with Crippen molar-refractivity contribution in [1.82, 2.24) is 24.8 Å². The SMILES string of the molecule is Cc1ccc(Cl)c(NC(=O)Nc2cccc(-c3ccc4nnc(-c5ccccn5)n4n3)c2)c1. The third kappa shape index (κ3) is 4.37. The molecule has 2 amide bonds. The summed E-state index contributed by atoms with van der Waals surface area (Å²) in [5.74, 6) is 0.552. The minimum Gasteiger partial charge on any atom is -0.308 e. The normalized spacial score (nSPS) is 10.8. The highest BCUT2D eigenvalue weighted by Gasteiger charge is 2.12. The Kier molecular flexibility index (Phi) is 5.42. The Morgan fingerprint density at radius 2 is 1.82 bits per heavy atom. The van der Waals surface area contributed by atoms with E-state index in [1.807, 2.05) is 67.6 Å². The number of benzene rings is 2. The molecule has 0 fully saturated rings. The van der Waals surface area contributed by atoms with Gasteiger partial charge < -0.3 is 10.6 Å². The lowest BCUT2D eigenvalue weighted by Crippen LogP contribution is -2.19. The zero-order valence-electron chi connectivity index (χ0n) is 17.5. The lowest BCUT2D eigenvalue weighted by Gasteiger charge is -2.11. The van der Waals surface area contributed by atoms with Gasteiger partial charge in [-0.25, -0.2) is 4.79 Å². The Bertz CT molecular complexity index is 1470. The minimum atomic E-state index is -0.390. The monoisotopic (exact) mass is 455 g/mol. The van der Waals surface area contributed by atoms with E-state index >= 15 is 0 Å². The summed E-state index contributed by atoms with van der Waals surface area (Å²) in [5.41, 5.74) is 4.97. The maximum Gasteiger partial charge on any atom is 0.323 e. The van der Waals surface area contributed by atoms with E-state index in [0.717, 1.165) is 11.1 Å². The Morgan fingerprint density at radius 1 is 0.909 bits per heavy atom. The van der Waals surface area contributed by atoms with Gasteiger partial charge in [-0.05, 0) is 61.0 Å². The number of carbonyl (C=O) groups is 1. The number of nitrogens with zero attached hydrogens (tertiary/aromatic N) is 5. The molecule has 2 N–H and O–H groups in total. The second kappa shape index (κ2) is 8.68. The van der Waals surface area contributed by atoms with Crippen LogP contribution in [0.15, 0.2) is 79.0 Å². The molecule has 33 heavy (non-hydrogen) atoms. The van der Waals surface area contributed by atoms with Crippen LogP contribution in [0, 0.1) is 6.92 Å². The molecular weight excluding hydrogens is 438 g/mol. The summed E-state index contributed by atoms with van der Waals surface area (Å²) >= 11 is 6.18. The Labute approximate surface area is 194 Å². The van der Waals surface area contributed by atoms with Crippen LogP contribution in [0.25, 0.3) is 28.4 Å². The highest BCUT2D eigenvalue weighted by atomic mass is 35.5. The summed E-state index contributed by atoms with van der Waals surface area (Å²) in [7, 11) is 0. The molecule has 3 heterocycles. The van der Waals surface area contributed by atoms with Crippen molar-refractivity contribution in [2.75, 3.05) is 10.6 Å². The molecule has 0 atom stereocenters. The van der Waals surface area contributed by atoms with Gasteiger partial charge in [0.1, 0.15) is 5.69 Å². The number of halogens is 1. The topological polar surface area (TPSA) is 97.1 Å². The molecule has 3 aromatic heterocycles. The van der Waals surface area contributed by atoms with Crippen molar-refractivity contribution >= 4 is 34.7 Å². The maximum absolute atomic E-state index is 12.5. The zero-order valence-corrected chi connectivity index (χ0v) is 18.3. The van der Waals surface area contributed by atoms with Crippen LogP contribution in [0.3, 0.4) is 0 Å². The first kappa shape index (κ1) is 20.6. The summed E-state index contributed by atoms with van der Waals surface area (Å²) < 4.78 is 1.66. The van der Waals surface area contributed by atoms with Crippen molar-refractivity contribution in [2.24, 2.45) is 0 Å². The molecule has 162 valence electrons. The third-order valence-corrected chi connectivity index (χ3v) is 5.27. The molecule has 2 aromatic carbocycles. The molecule has 9 heteroatoms. The largest absolute Gasteiger partial charge is 0.323 e. The molecule has 0 unspecified atom stereocenters. The first-order valence-electron chi connectivity index (χ1n) is 10.2. The summed E-state index contributed by atoms with van der Waals surface area (Å²) in [5, 5.41) is 19.2. The Balaban J connectivity index is 1.41. The fourth-order valence-corrected chi connectivity index (χ4v) is 3.54. The average molecular weight is 456 g/mol. The number of hydrogen-bond acceptors (Lipinski definition) is 5. The molecule has 0 bridgehead atoms. The minimum absolute atomic E-state index is 0.390. The van der Waals surface area contributed by atoms with Gasteiger partial charge in [-0.3, -0.25) is 4.98 Å². The van der Waals surface area contributed by atoms with Crippen LogP contribution < -0.4 is 10.6 Å². The number of pyridine rings is 1. The highest BCUT2D eigenvalue weighted by Crippen LogP contribution is 2.25. The predicted molar refractivity (Wildman–Crippen MR) is 128 cm³/mol.